The van der Waals surface area contributed by atoms with Gasteiger partial charge in [-0.2, -0.15) is 0 Å². The maximum absolute atomic E-state index is 13.0. The second-order valence-corrected chi connectivity index (χ2v) is 8.17. The Labute approximate surface area is 155 Å². The van der Waals surface area contributed by atoms with Gasteiger partial charge >= 0.3 is 0 Å². The van der Waals surface area contributed by atoms with Crippen molar-refractivity contribution >= 4 is 18.3 Å². The predicted molar refractivity (Wildman–Crippen MR) is 105 cm³/mol. The van der Waals surface area contributed by atoms with Crippen LogP contribution in [0.3, 0.4) is 0 Å². The molecule has 0 spiro atoms. The van der Waals surface area contributed by atoms with E-state index in [9.17, 15) is 4.79 Å². The van der Waals surface area contributed by atoms with E-state index in [1.54, 1.807) is 0 Å². The number of carbonyl (C=O) groups is 1. The van der Waals surface area contributed by atoms with Gasteiger partial charge in [0.1, 0.15) is 0 Å². The first-order valence-electron chi connectivity index (χ1n) is 10.1. The summed E-state index contributed by atoms with van der Waals surface area (Å²) in [5.41, 5.74) is 0. The van der Waals surface area contributed by atoms with Crippen LogP contribution >= 0.6 is 12.4 Å². The predicted octanol–water partition coefficient (Wildman–Crippen LogP) is 4.50. The minimum Gasteiger partial charge on any atom is -0.342 e. The topological polar surface area (TPSA) is 32.3 Å². The molecule has 1 amide bonds. The Morgan fingerprint density at radius 2 is 1.67 bits per heavy atom. The Morgan fingerprint density at radius 3 is 2.21 bits per heavy atom. The van der Waals surface area contributed by atoms with Crippen LogP contribution in [0.25, 0.3) is 0 Å². The molecule has 3 nitrogen and oxygen atoms in total. The zero-order chi connectivity index (χ0) is 16.7. The summed E-state index contributed by atoms with van der Waals surface area (Å²) >= 11 is 0. The van der Waals surface area contributed by atoms with Gasteiger partial charge in [0.15, 0.2) is 0 Å². The Kier molecular flexibility index (Phi) is 10.3. The minimum absolute atomic E-state index is 0. The fraction of sp³-hybridized carbons (Fsp3) is 0.950. The van der Waals surface area contributed by atoms with Crippen LogP contribution in [0.5, 0.6) is 0 Å². The number of rotatable bonds is 7. The fourth-order valence-corrected chi connectivity index (χ4v) is 4.38. The molecule has 2 fully saturated rings. The molecule has 1 N–H and O–H groups in total. The quantitative estimate of drug-likeness (QED) is 0.726. The van der Waals surface area contributed by atoms with E-state index in [0.717, 1.165) is 44.4 Å². The van der Waals surface area contributed by atoms with Gasteiger partial charge in [-0.25, -0.2) is 0 Å². The highest BCUT2D eigenvalue weighted by atomic mass is 35.5. The van der Waals surface area contributed by atoms with Crippen molar-refractivity contribution in [3.05, 3.63) is 0 Å². The molecule has 4 heteroatoms. The molecular formula is C20H39ClN2O. The van der Waals surface area contributed by atoms with E-state index in [4.69, 9.17) is 0 Å². The van der Waals surface area contributed by atoms with Crippen LogP contribution in [-0.4, -0.2) is 37.0 Å². The van der Waals surface area contributed by atoms with E-state index in [1.165, 1.54) is 44.9 Å². The Balaban J connectivity index is 0.00000288. The number of likely N-dealkylation sites (tertiary alicyclic amines) is 1. The van der Waals surface area contributed by atoms with Gasteiger partial charge in [0.2, 0.25) is 5.91 Å². The standard InChI is InChI=1S/C20H38N2O.ClH/c1-4-21-15-18-10-12-22(13-11-18)20(23)19(16(2)3)14-17-8-6-5-7-9-17;/h16-19,21H,4-15H2,1-3H3;1H. The number of carbonyl (C=O) groups excluding carboxylic acids is 1. The highest BCUT2D eigenvalue weighted by Crippen LogP contribution is 2.33. The second-order valence-electron chi connectivity index (χ2n) is 8.17. The lowest BCUT2D eigenvalue weighted by atomic mass is 9.78. The van der Waals surface area contributed by atoms with Gasteiger partial charge in [0, 0.05) is 19.0 Å². The molecule has 1 unspecified atom stereocenters. The normalized spacial score (nSPS) is 21.6. The minimum atomic E-state index is 0. The molecule has 0 aromatic rings. The van der Waals surface area contributed by atoms with Crippen molar-refractivity contribution in [2.45, 2.75) is 72.1 Å². The van der Waals surface area contributed by atoms with E-state index in [1.807, 2.05) is 0 Å². The molecule has 0 radical (unpaired) electrons. The number of halogens is 1. The van der Waals surface area contributed by atoms with Crippen LogP contribution in [0.1, 0.15) is 72.1 Å². The Bertz CT molecular complexity index is 348. The molecule has 1 aliphatic heterocycles. The average molecular weight is 359 g/mol. The van der Waals surface area contributed by atoms with E-state index >= 15 is 0 Å². The Morgan fingerprint density at radius 1 is 1.04 bits per heavy atom. The third kappa shape index (κ3) is 6.55. The van der Waals surface area contributed by atoms with Crippen LogP contribution in [-0.2, 0) is 4.79 Å². The van der Waals surface area contributed by atoms with E-state index in [2.05, 4.69) is 31.0 Å². The summed E-state index contributed by atoms with van der Waals surface area (Å²) in [6, 6.07) is 0. The zero-order valence-corrected chi connectivity index (χ0v) is 16.9. The van der Waals surface area contributed by atoms with Gasteiger partial charge in [0.05, 0.1) is 0 Å². The molecular weight excluding hydrogens is 320 g/mol. The maximum Gasteiger partial charge on any atom is 0.225 e. The lowest BCUT2D eigenvalue weighted by Gasteiger charge is -2.36. The largest absolute Gasteiger partial charge is 0.342 e. The molecule has 0 bridgehead atoms. The van der Waals surface area contributed by atoms with Gasteiger partial charge in [-0.1, -0.05) is 52.9 Å². The molecule has 1 heterocycles. The van der Waals surface area contributed by atoms with Crippen LogP contribution < -0.4 is 5.32 Å². The summed E-state index contributed by atoms with van der Waals surface area (Å²) in [7, 11) is 0. The van der Waals surface area contributed by atoms with Gasteiger partial charge in [-0.05, 0) is 50.1 Å². The summed E-state index contributed by atoms with van der Waals surface area (Å²) in [6.45, 7) is 10.8. The van der Waals surface area contributed by atoms with Crippen molar-refractivity contribution in [3.63, 3.8) is 0 Å². The monoisotopic (exact) mass is 358 g/mol. The number of hydrogen-bond donors (Lipinski definition) is 1. The van der Waals surface area contributed by atoms with Gasteiger partial charge in [-0.3, -0.25) is 4.79 Å². The molecule has 142 valence electrons. The van der Waals surface area contributed by atoms with Gasteiger partial charge < -0.3 is 10.2 Å². The number of nitrogens with one attached hydrogen (secondary N) is 1. The molecule has 2 aliphatic rings. The number of piperidine rings is 1. The average Bonchev–Trinajstić information content (AvgIpc) is 2.58. The smallest absolute Gasteiger partial charge is 0.225 e. The highest BCUT2D eigenvalue weighted by Gasteiger charge is 2.32. The number of nitrogens with zero attached hydrogens (tertiary/aromatic N) is 1. The summed E-state index contributed by atoms with van der Waals surface area (Å²) in [4.78, 5) is 15.2. The molecule has 0 aromatic carbocycles. The maximum atomic E-state index is 13.0. The first kappa shape index (κ1) is 21.8. The van der Waals surface area contributed by atoms with Crippen LogP contribution in [0.4, 0.5) is 0 Å². The number of amides is 1. The first-order chi connectivity index (χ1) is 11.1. The molecule has 24 heavy (non-hydrogen) atoms. The molecule has 2 rings (SSSR count). The van der Waals surface area contributed by atoms with Crippen LogP contribution in [0.15, 0.2) is 0 Å². The fourth-order valence-electron chi connectivity index (χ4n) is 4.38. The summed E-state index contributed by atoms with van der Waals surface area (Å²) in [6.07, 6.45) is 10.3. The molecule has 1 saturated heterocycles. The van der Waals surface area contributed by atoms with E-state index in [-0.39, 0.29) is 18.3 Å². The second kappa shape index (κ2) is 11.4. The lowest BCUT2D eigenvalue weighted by molar-refractivity contribution is -0.139. The van der Waals surface area contributed by atoms with Crippen molar-refractivity contribution in [1.82, 2.24) is 10.2 Å². The highest BCUT2D eigenvalue weighted by molar-refractivity contribution is 5.85. The molecule has 1 saturated carbocycles. The zero-order valence-electron chi connectivity index (χ0n) is 16.1. The Hall–Kier alpha value is -0.280. The van der Waals surface area contributed by atoms with Crippen molar-refractivity contribution in [2.75, 3.05) is 26.2 Å². The SMILES string of the molecule is CCNCC1CCN(C(=O)C(CC2CCCCC2)C(C)C)CC1.Cl. The van der Waals surface area contributed by atoms with Gasteiger partial charge in [0.25, 0.3) is 0 Å². The number of hydrogen-bond acceptors (Lipinski definition) is 2. The molecule has 0 aromatic heterocycles. The summed E-state index contributed by atoms with van der Waals surface area (Å²) < 4.78 is 0. The van der Waals surface area contributed by atoms with Gasteiger partial charge in [-0.15, -0.1) is 12.4 Å². The van der Waals surface area contributed by atoms with Crippen molar-refractivity contribution in [3.8, 4) is 0 Å². The molecule has 1 atom stereocenters. The van der Waals surface area contributed by atoms with Crippen LogP contribution in [0, 0.1) is 23.7 Å². The van der Waals surface area contributed by atoms with Crippen molar-refractivity contribution in [1.29, 1.82) is 0 Å². The molecule has 1 aliphatic carbocycles. The third-order valence-electron chi connectivity index (χ3n) is 6.04. The van der Waals surface area contributed by atoms with Crippen LogP contribution in [0.2, 0.25) is 0 Å². The van der Waals surface area contributed by atoms with Crippen molar-refractivity contribution < 1.29 is 4.79 Å². The summed E-state index contributed by atoms with van der Waals surface area (Å²) in [5, 5.41) is 3.45. The third-order valence-corrected chi connectivity index (χ3v) is 6.04. The van der Waals surface area contributed by atoms with E-state index in [0.29, 0.717) is 11.8 Å². The first-order valence-corrected chi connectivity index (χ1v) is 10.1. The van der Waals surface area contributed by atoms with E-state index < -0.39 is 0 Å². The lowest BCUT2D eigenvalue weighted by Crippen LogP contribution is -2.45. The summed E-state index contributed by atoms with van der Waals surface area (Å²) in [5.74, 6) is 2.74. The van der Waals surface area contributed by atoms with Crippen molar-refractivity contribution in [2.24, 2.45) is 23.7 Å².